The van der Waals surface area contributed by atoms with E-state index in [0.29, 0.717) is 19.4 Å². The number of hydrogen-bond donors (Lipinski definition) is 3. The molecule has 1 saturated carbocycles. The van der Waals surface area contributed by atoms with E-state index in [0.717, 1.165) is 0 Å². The van der Waals surface area contributed by atoms with Crippen molar-refractivity contribution in [1.29, 1.82) is 0 Å². The number of hydrogen-bond acceptors (Lipinski definition) is 4. The molecule has 1 heterocycles. The van der Waals surface area contributed by atoms with Crippen LogP contribution in [0.15, 0.2) is 0 Å². The lowest BCUT2D eigenvalue weighted by molar-refractivity contribution is -0.185. The second-order valence-corrected chi connectivity index (χ2v) is 6.48. The van der Waals surface area contributed by atoms with Crippen LogP contribution in [0.3, 0.4) is 0 Å². The molecule has 0 radical (unpaired) electrons. The van der Waals surface area contributed by atoms with Crippen LogP contribution in [0.25, 0.3) is 0 Å². The highest BCUT2D eigenvalue weighted by Gasteiger charge is 2.44. The van der Waals surface area contributed by atoms with Gasteiger partial charge in [0.15, 0.2) is 0 Å². The van der Waals surface area contributed by atoms with Crippen molar-refractivity contribution < 1.29 is 32.9 Å². The number of rotatable bonds is 3. The molecule has 8 heteroatoms. The maximum absolute atomic E-state index is 13.1. The number of β-amino-alcohol motifs (C(OH)–C–C–N with tert-alkyl or cyclic N) is 1. The molecule has 4 atom stereocenters. The highest BCUT2D eigenvalue weighted by Crippen LogP contribution is 2.40. The van der Waals surface area contributed by atoms with E-state index in [1.54, 1.807) is 4.90 Å². The Morgan fingerprint density at radius 1 is 0.955 bits per heavy atom. The van der Waals surface area contributed by atoms with Gasteiger partial charge in [-0.25, -0.2) is 4.39 Å². The summed E-state index contributed by atoms with van der Waals surface area (Å²) < 4.78 is 51.0. The van der Waals surface area contributed by atoms with Crippen LogP contribution in [0.1, 0.15) is 25.7 Å². The van der Waals surface area contributed by atoms with Gasteiger partial charge in [0.1, 0.15) is 18.9 Å². The van der Waals surface area contributed by atoms with E-state index in [1.165, 1.54) is 0 Å². The molecule has 0 unspecified atom stereocenters. The van der Waals surface area contributed by atoms with Gasteiger partial charge in [0.05, 0.1) is 18.1 Å². The maximum atomic E-state index is 13.1. The van der Waals surface area contributed by atoms with E-state index in [9.17, 15) is 32.9 Å². The largest absolute Gasteiger partial charge is 0.391 e. The SMILES string of the molecule is O[C@H]1[C@H](O)[C@@H](O)CN(CC2CCC(C(F)(F)F)CC2)[C@@H]1CF. The molecule has 1 aliphatic heterocycles. The first-order chi connectivity index (χ1) is 10.2. The van der Waals surface area contributed by atoms with Crippen molar-refractivity contribution in [2.24, 2.45) is 11.8 Å². The monoisotopic (exact) mass is 329 g/mol. The Morgan fingerprint density at radius 3 is 2.05 bits per heavy atom. The summed E-state index contributed by atoms with van der Waals surface area (Å²) in [6.45, 7) is -0.519. The van der Waals surface area contributed by atoms with Crippen LogP contribution in [0.5, 0.6) is 0 Å². The van der Waals surface area contributed by atoms with E-state index < -0.39 is 43.1 Å². The Kier molecular flexibility index (Phi) is 5.68. The summed E-state index contributed by atoms with van der Waals surface area (Å²) in [5.41, 5.74) is 0. The maximum Gasteiger partial charge on any atom is 0.391 e. The van der Waals surface area contributed by atoms with Gasteiger partial charge in [-0.05, 0) is 31.6 Å². The molecular formula is C14H23F4NO3. The van der Waals surface area contributed by atoms with Crippen LogP contribution in [0.2, 0.25) is 0 Å². The first-order valence-electron chi connectivity index (χ1n) is 7.65. The average Bonchev–Trinajstić information content (AvgIpc) is 2.45. The molecule has 0 aromatic heterocycles. The van der Waals surface area contributed by atoms with Crippen LogP contribution in [-0.4, -0.2) is 70.5 Å². The fourth-order valence-electron chi connectivity index (χ4n) is 3.56. The lowest BCUT2D eigenvalue weighted by atomic mass is 9.80. The predicted molar refractivity (Wildman–Crippen MR) is 70.9 cm³/mol. The zero-order valence-electron chi connectivity index (χ0n) is 12.2. The van der Waals surface area contributed by atoms with Gasteiger partial charge < -0.3 is 15.3 Å². The van der Waals surface area contributed by atoms with Crippen molar-refractivity contribution in [3.05, 3.63) is 0 Å². The van der Waals surface area contributed by atoms with E-state index in [2.05, 4.69) is 0 Å². The summed E-state index contributed by atoms with van der Waals surface area (Å²) in [6, 6.07) is -0.918. The third kappa shape index (κ3) is 3.90. The Balaban J connectivity index is 1.90. The summed E-state index contributed by atoms with van der Waals surface area (Å²) in [4.78, 5) is 1.56. The standard InChI is InChI=1S/C14H23F4NO3/c15-5-10-12(21)13(22)11(20)7-19(10)6-8-1-3-9(4-2-8)14(16,17)18/h8-13,20-22H,1-7H2/t8?,9?,10-,11+,12-,13-/m1/s1. The van der Waals surface area contributed by atoms with Gasteiger partial charge in [-0.1, -0.05) is 0 Å². The average molecular weight is 329 g/mol. The van der Waals surface area contributed by atoms with Crippen LogP contribution < -0.4 is 0 Å². The number of aliphatic hydroxyl groups excluding tert-OH is 3. The topological polar surface area (TPSA) is 63.9 Å². The molecule has 1 saturated heterocycles. The molecule has 2 aliphatic rings. The Bertz CT molecular complexity index is 360. The van der Waals surface area contributed by atoms with Crippen LogP contribution in [0.4, 0.5) is 17.6 Å². The van der Waals surface area contributed by atoms with E-state index >= 15 is 0 Å². The fraction of sp³-hybridized carbons (Fsp3) is 1.00. The molecule has 0 spiro atoms. The summed E-state index contributed by atoms with van der Waals surface area (Å²) in [6.07, 6.45) is -7.19. The number of likely N-dealkylation sites (tertiary alicyclic amines) is 1. The van der Waals surface area contributed by atoms with Crippen molar-refractivity contribution in [3.63, 3.8) is 0 Å². The van der Waals surface area contributed by atoms with Gasteiger partial charge in [-0.3, -0.25) is 4.90 Å². The van der Waals surface area contributed by atoms with Crippen molar-refractivity contribution in [2.45, 2.75) is 56.2 Å². The van der Waals surface area contributed by atoms with Crippen molar-refractivity contribution >= 4 is 0 Å². The summed E-state index contributed by atoms with van der Waals surface area (Å²) in [5.74, 6) is -1.28. The van der Waals surface area contributed by atoms with Gasteiger partial charge in [0.2, 0.25) is 0 Å². The normalized spacial score (nSPS) is 41.6. The summed E-state index contributed by atoms with van der Waals surface area (Å²) >= 11 is 0. The number of piperidine rings is 1. The minimum absolute atomic E-state index is 0.0118. The number of nitrogens with zero attached hydrogens (tertiary/aromatic N) is 1. The highest BCUT2D eigenvalue weighted by atomic mass is 19.4. The summed E-state index contributed by atoms with van der Waals surface area (Å²) in [5, 5.41) is 29.1. The molecule has 0 amide bonds. The number of alkyl halides is 4. The lowest BCUT2D eigenvalue weighted by Gasteiger charge is -2.44. The van der Waals surface area contributed by atoms with Gasteiger partial charge in [-0.15, -0.1) is 0 Å². The Hall–Kier alpha value is -0.440. The molecule has 0 bridgehead atoms. The van der Waals surface area contributed by atoms with E-state index in [1.807, 2.05) is 0 Å². The molecule has 0 aromatic rings. The first-order valence-corrected chi connectivity index (χ1v) is 7.65. The second-order valence-electron chi connectivity index (χ2n) is 6.48. The van der Waals surface area contributed by atoms with Crippen LogP contribution in [-0.2, 0) is 0 Å². The van der Waals surface area contributed by atoms with Gasteiger partial charge >= 0.3 is 6.18 Å². The fourth-order valence-corrected chi connectivity index (χ4v) is 3.56. The third-order valence-corrected chi connectivity index (χ3v) is 4.99. The van der Waals surface area contributed by atoms with E-state index in [-0.39, 0.29) is 25.3 Å². The minimum atomic E-state index is -4.16. The van der Waals surface area contributed by atoms with Crippen molar-refractivity contribution in [3.8, 4) is 0 Å². The second kappa shape index (κ2) is 6.98. The van der Waals surface area contributed by atoms with Crippen LogP contribution >= 0.6 is 0 Å². The van der Waals surface area contributed by atoms with Gasteiger partial charge in [0, 0.05) is 13.1 Å². The molecule has 22 heavy (non-hydrogen) atoms. The molecule has 4 nitrogen and oxygen atoms in total. The van der Waals surface area contributed by atoms with E-state index in [4.69, 9.17) is 0 Å². The molecule has 2 rings (SSSR count). The third-order valence-electron chi connectivity index (χ3n) is 4.99. The molecule has 130 valence electrons. The van der Waals surface area contributed by atoms with Crippen molar-refractivity contribution in [2.75, 3.05) is 19.8 Å². The highest BCUT2D eigenvalue weighted by molar-refractivity contribution is 4.95. The van der Waals surface area contributed by atoms with Gasteiger partial charge in [0.25, 0.3) is 0 Å². The minimum Gasteiger partial charge on any atom is -0.389 e. The zero-order valence-corrected chi connectivity index (χ0v) is 12.2. The molecule has 0 aromatic carbocycles. The van der Waals surface area contributed by atoms with Crippen LogP contribution in [0, 0.1) is 11.8 Å². The Morgan fingerprint density at radius 2 is 1.55 bits per heavy atom. The first kappa shape index (κ1) is 17.9. The predicted octanol–water partition coefficient (Wildman–Crippen LogP) is 1.09. The zero-order chi connectivity index (χ0) is 16.5. The molecular weight excluding hydrogens is 306 g/mol. The van der Waals surface area contributed by atoms with Crippen molar-refractivity contribution in [1.82, 2.24) is 4.90 Å². The smallest absolute Gasteiger partial charge is 0.389 e. The Labute approximate surface area is 126 Å². The van der Waals surface area contributed by atoms with Gasteiger partial charge in [-0.2, -0.15) is 13.2 Å². The molecule has 3 N–H and O–H groups in total. The molecule has 2 fully saturated rings. The number of halogens is 4. The summed E-state index contributed by atoms with van der Waals surface area (Å²) in [7, 11) is 0. The molecule has 1 aliphatic carbocycles. The number of aliphatic hydroxyl groups is 3. The lowest BCUT2D eigenvalue weighted by Crippen LogP contribution is -2.62. The quantitative estimate of drug-likeness (QED) is 0.679.